The number of hydrogen-bond donors (Lipinski definition) is 0. The van der Waals surface area contributed by atoms with Crippen molar-refractivity contribution >= 4 is 24.2 Å². The Morgan fingerprint density at radius 3 is 2.71 bits per heavy atom. The third kappa shape index (κ3) is 6.20. The van der Waals surface area contributed by atoms with Crippen LogP contribution < -0.4 is 0 Å². The Hall–Kier alpha value is 0.200. The molecule has 0 nitrogen and oxygen atoms in total. The molecule has 0 heterocycles. The molecule has 0 aromatic carbocycles. The molecule has 7 heavy (non-hydrogen) atoms. The molecule has 0 bridgehead atoms. The van der Waals surface area contributed by atoms with Crippen LogP contribution in [0.25, 0.3) is 0 Å². The van der Waals surface area contributed by atoms with Crippen molar-refractivity contribution in [1.82, 2.24) is 0 Å². The molecule has 0 spiro atoms. The Morgan fingerprint density at radius 2 is 2.29 bits per heavy atom. The molecule has 0 amide bonds. The van der Waals surface area contributed by atoms with Gasteiger partial charge in [-0.2, -0.15) is 0 Å². The highest BCUT2D eigenvalue weighted by Gasteiger charge is 1.74. The Bertz CT molecular complexity index is 79.8. The second-order valence-corrected chi connectivity index (χ2v) is 1.68. The van der Waals surface area contributed by atoms with Crippen LogP contribution in [0.1, 0.15) is 12.8 Å². The number of unbranched alkanes of at least 4 members (excludes halogenated alkanes) is 1. The Balaban J connectivity index is 2.78. The van der Waals surface area contributed by atoms with Crippen molar-refractivity contribution < 1.29 is 0 Å². The first-order valence-corrected chi connectivity index (χ1v) is 3.04. The average Bonchev–Trinajstić information content (AvgIpc) is 1.69. The summed E-state index contributed by atoms with van der Waals surface area (Å²) in [5.41, 5.74) is 0. The van der Waals surface area contributed by atoms with Crippen LogP contribution in [-0.2, 0) is 0 Å². The van der Waals surface area contributed by atoms with Crippen LogP contribution in [0.15, 0.2) is 0 Å². The van der Waals surface area contributed by atoms with Gasteiger partial charge in [-0.15, -0.1) is 0 Å². The van der Waals surface area contributed by atoms with Crippen LogP contribution in [0.4, 0.5) is 0 Å². The number of halogens is 1. The van der Waals surface area contributed by atoms with Gasteiger partial charge >= 0.3 is 0 Å². The maximum absolute atomic E-state index is 5.04. The van der Waals surface area contributed by atoms with E-state index in [1.54, 1.807) is 0 Å². The fraction of sp³-hybridized carbons (Fsp3) is 0.600. The van der Waals surface area contributed by atoms with Crippen molar-refractivity contribution in [2.24, 2.45) is 0 Å². The zero-order chi connectivity index (χ0) is 5.54. The van der Waals surface area contributed by atoms with E-state index >= 15 is 0 Å². The van der Waals surface area contributed by atoms with E-state index in [4.69, 9.17) is 11.6 Å². The first kappa shape index (κ1) is 7.20. The zero-order valence-electron chi connectivity index (χ0n) is 3.91. The van der Waals surface area contributed by atoms with Gasteiger partial charge in [-0.3, -0.25) is 0 Å². The molecule has 0 N–H and O–H groups in total. The first-order chi connectivity index (χ1) is 3.41. The van der Waals surface area contributed by atoms with Crippen LogP contribution in [0.2, 0.25) is 0 Å². The quantitative estimate of drug-likeness (QED) is 0.400. The van der Waals surface area contributed by atoms with Crippen molar-refractivity contribution in [2.45, 2.75) is 12.8 Å². The summed E-state index contributed by atoms with van der Waals surface area (Å²) in [5.74, 6) is 3.48. The topological polar surface area (TPSA) is 0 Å². The van der Waals surface area contributed by atoms with Crippen molar-refractivity contribution in [3.05, 3.63) is 0 Å². The van der Waals surface area contributed by atoms with Gasteiger partial charge in [-0.05, 0) is 18.0 Å². The van der Waals surface area contributed by atoms with Gasteiger partial charge in [0.1, 0.15) is 0 Å². The van der Waals surface area contributed by atoms with Gasteiger partial charge in [0.2, 0.25) is 0 Å². The SMILES string of the molecule is [S]CCCC#CCl. The van der Waals surface area contributed by atoms with Crippen molar-refractivity contribution in [3.63, 3.8) is 0 Å². The highest BCUT2D eigenvalue weighted by molar-refractivity contribution is 7.80. The highest BCUT2D eigenvalue weighted by Crippen LogP contribution is 1.87. The van der Waals surface area contributed by atoms with Gasteiger partial charge in [0.25, 0.3) is 0 Å². The van der Waals surface area contributed by atoms with Crippen LogP contribution in [0.5, 0.6) is 0 Å². The van der Waals surface area contributed by atoms with Crippen molar-refractivity contribution in [1.29, 1.82) is 0 Å². The minimum atomic E-state index is 0.783. The van der Waals surface area contributed by atoms with Crippen LogP contribution in [0, 0.1) is 11.3 Å². The van der Waals surface area contributed by atoms with E-state index in [1.165, 1.54) is 0 Å². The lowest BCUT2D eigenvalue weighted by atomic mass is 10.4. The molecule has 2 heteroatoms. The minimum Gasteiger partial charge on any atom is -0.0941 e. The lowest BCUT2D eigenvalue weighted by Crippen LogP contribution is -1.69. The van der Waals surface area contributed by atoms with Gasteiger partial charge in [-0.25, -0.2) is 0 Å². The Morgan fingerprint density at radius 1 is 1.57 bits per heavy atom. The summed E-state index contributed by atoms with van der Waals surface area (Å²) in [5, 5.41) is 2.28. The summed E-state index contributed by atoms with van der Waals surface area (Å²) in [6.07, 6.45) is 1.82. The van der Waals surface area contributed by atoms with Gasteiger partial charge in [0.15, 0.2) is 0 Å². The van der Waals surface area contributed by atoms with E-state index in [2.05, 4.69) is 23.9 Å². The first-order valence-electron chi connectivity index (χ1n) is 2.08. The number of rotatable bonds is 2. The minimum absolute atomic E-state index is 0.783. The monoisotopic (exact) mass is 133 g/mol. The fourth-order valence-corrected chi connectivity index (χ4v) is 0.447. The van der Waals surface area contributed by atoms with Crippen molar-refractivity contribution in [2.75, 3.05) is 5.75 Å². The molecular weight excluding hydrogens is 128 g/mol. The number of hydrogen-bond acceptors (Lipinski definition) is 0. The third-order valence-electron chi connectivity index (χ3n) is 0.513. The molecule has 0 saturated heterocycles. The van der Waals surface area contributed by atoms with E-state index in [1.807, 2.05) is 0 Å². The van der Waals surface area contributed by atoms with Crippen LogP contribution >= 0.6 is 24.2 Å². The summed E-state index contributed by atoms with van der Waals surface area (Å²) in [6, 6.07) is 0. The molecule has 0 fully saturated rings. The predicted molar refractivity (Wildman–Crippen MR) is 35.3 cm³/mol. The summed E-state index contributed by atoms with van der Waals surface area (Å²) < 4.78 is 0. The molecular formula is C5H6ClS. The molecule has 0 aromatic rings. The molecule has 0 aliphatic rings. The zero-order valence-corrected chi connectivity index (χ0v) is 5.48. The summed E-state index contributed by atoms with van der Waals surface area (Å²) in [6.45, 7) is 0. The molecule has 0 atom stereocenters. The normalized spacial score (nSPS) is 7.14. The van der Waals surface area contributed by atoms with E-state index < -0.39 is 0 Å². The van der Waals surface area contributed by atoms with Crippen molar-refractivity contribution in [3.8, 4) is 11.3 Å². The second kappa shape index (κ2) is 6.20. The molecule has 39 valence electrons. The van der Waals surface area contributed by atoms with E-state index in [9.17, 15) is 0 Å². The fourth-order valence-electron chi connectivity index (χ4n) is 0.208. The van der Waals surface area contributed by atoms with Crippen LogP contribution in [0.3, 0.4) is 0 Å². The van der Waals surface area contributed by atoms with Gasteiger partial charge < -0.3 is 0 Å². The van der Waals surface area contributed by atoms with Crippen LogP contribution in [-0.4, -0.2) is 5.75 Å². The van der Waals surface area contributed by atoms with E-state index in [-0.39, 0.29) is 0 Å². The molecule has 0 unspecified atom stereocenters. The van der Waals surface area contributed by atoms with E-state index in [0.717, 1.165) is 18.6 Å². The largest absolute Gasteiger partial charge is 0.0941 e. The smallest absolute Gasteiger partial charge is 0.0109 e. The third-order valence-corrected chi connectivity index (χ3v) is 0.935. The Labute approximate surface area is 54.7 Å². The maximum Gasteiger partial charge on any atom is 0.0109 e. The predicted octanol–water partition coefficient (Wildman–Crippen LogP) is 2.16. The molecule has 0 saturated carbocycles. The average molecular weight is 134 g/mol. The highest BCUT2D eigenvalue weighted by atomic mass is 35.5. The maximum atomic E-state index is 5.04. The molecule has 0 aliphatic carbocycles. The van der Waals surface area contributed by atoms with E-state index in [0.29, 0.717) is 0 Å². The lowest BCUT2D eigenvalue weighted by molar-refractivity contribution is 1.00. The van der Waals surface area contributed by atoms with Gasteiger partial charge in [0.05, 0.1) is 0 Å². The van der Waals surface area contributed by atoms with Gasteiger partial charge in [-0.1, -0.05) is 18.5 Å². The second-order valence-electron chi connectivity index (χ2n) is 1.08. The summed E-state index contributed by atoms with van der Waals surface area (Å²) >= 11 is 9.70. The standard InChI is InChI=1S/C5H6ClS/c6-4-2-1-3-5-7/h1,3,5H2. The lowest BCUT2D eigenvalue weighted by Gasteiger charge is -1.78. The molecule has 0 rings (SSSR count). The molecule has 0 aliphatic heterocycles. The van der Waals surface area contributed by atoms with Gasteiger partial charge in [0, 0.05) is 17.6 Å². The Kier molecular flexibility index (Phi) is 6.38. The molecule has 1 radical (unpaired) electrons. The molecule has 0 aromatic heterocycles. The summed E-state index contributed by atoms with van der Waals surface area (Å²) in [7, 11) is 0. The summed E-state index contributed by atoms with van der Waals surface area (Å²) in [4.78, 5) is 0.